The fourth-order valence-corrected chi connectivity index (χ4v) is 3.58. The molecular formula is C21H23NO5. The first-order valence-electron chi connectivity index (χ1n) is 9.24. The standard InChI is InChI=1S/C21H23NO5/c1-3-14-8-10-15(11-9-14)18(23)12-27-21(26)13(2)22-19(24)16-6-4-5-7-17(16)20(22)25/h4-5,8-11,13,16-17H,3,6-7,12H2,1-2H3/t13-,16+,17+/m0/s1. The van der Waals surface area contributed by atoms with Crippen molar-refractivity contribution < 1.29 is 23.9 Å². The van der Waals surface area contributed by atoms with E-state index in [0.717, 1.165) is 16.9 Å². The lowest BCUT2D eigenvalue weighted by Gasteiger charge is -2.21. The van der Waals surface area contributed by atoms with Crippen LogP contribution in [0.5, 0.6) is 0 Å². The van der Waals surface area contributed by atoms with Crippen LogP contribution in [-0.4, -0.2) is 41.1 Å². The smallest absolute Gasteiger partial charge is 0.329 e. The van der Waals surface area contributed by atoms with Gasteiger partial charge in [0, 0.05) is 5.56 Å². The Kier molecular flexibility index (Phi) is 5.54. The third-order valence-corrected chi connectivity index (χ3v) is 5.30. The Morgan fingerprint density at radius 3 is 2.15 bits per heavy atom. The SMILES string of the molecule is CCc1ccc(C(=O)COC(=O)[C@H](C)N2C(=O)[C@@H]3CC=CC[C@H]3C2=O)cc1. The maximum Gasteiger partial charge on any atom is 0.329 e. The summed E-state index contributed by atoms with van der Waals surface area (Å²) in [7, 11) is 0. The van der Waals surface area contributed by atoms with Crippen molar-refractivity contribution in [2.75, 3.05) is 6.61 Å². The van der Waals surface area contributed by atoms with Gasteiger partial charge in [0.15, 0.2) is 12.4 Å². The summed E-state index contributed by atoms with van der Waals surface area (Å²) in [4.78, 5) is 50.6. The van der Waals surface area contributed by atoms with E-state index in [1.165, 1.54) is 6.92 Å². The predicted octanol–water partition coefficient (Wildman–Crippen LogP) is 2.31. The minimum Gasteiger partial charge on any atom is -0.456 e. The molecule has 0 aromatic heterocycles. The van der Waals surface area contributed by atoms with Crippen LogP contribution in [0.3, 0.4) is 0 Å². The van der Waals surface area contributed by atoms with Gasteiger partial charge >= 0.3 is 5.97 Å². The van der Waals surface area contributed by atoms with Crippen molar-refractivity contribution in [3.05, 3.63) is 47.5 Å². The number of likely N-dealkylation sites (tertiary alicyclic amines) is 1. The van der Waals surface area contributed by atoms with Crippen LogP contribution in [-0.2, 0) is 25.5 Å². The van der Waals surface area contributed by atoms with E-state index in [9.17, 15) is 19.2 Å². The molecule has 2 amide bonds. The normalized spacial score (nSPS) is 22.5. The number of benzene rings is 1. The Hall–Kier alpha value is -2.76. The van der Waals surface area contributed by atoms with Crippen LogP contribution in [0.4, 0.5) is 0 Å². The lowest BCUT2D eigenvalue weighted by Crippen LogP contribution is -2.44. The number of Topliss-reactive ketones (excluding diaryl/α,β-unsaturated/α-hetero) is 1. The summed E-state index contributed by atoms with van der Waals surface area (Å²) in [5.41, 5.74) is 1.57. The molecule has 1 aromatic rings. The highest BCUT2D eigenvalue weighted by Crippen LogP contribution is 2.36. The average Bonchev–Trinajstić information content (AvgIpc) is 2.96. The zero-order chi connectivity index (χ0) is 19.6. The number of imide groups is 1. The Balaban J connectivity index is 1.59. The average molecular weight is 369 g/mol. The number of nitrogens with zero attached hydrogens (tertiary/aromatic N) is 1. The summed E-state index contributed by atoms with van der Waals surface area (Å²) < 4.78 is 5.09. The second kappa shape index (κ2) is 7.86. The second-order valence-corrected chi connectivity index (χ2v) is 6.96. The number of carbonyl (C=O) groups is 4. The number of hydrogen-bond acceptors (Lipinski definition) is 5. The molecule has 2 aliphatic rings. The number of esters is 1. The number of ketones is 1. The molecular weight excluding hydrogens is 346 g/mol. The van der Waals surface area contributed by atoms with Crippen LogP contribution < -0.4 is 0 Å². The van der Waals surface area contributed by atoms with Gasteiger partial charge in [-0.25, -0.2) is 4.79 Å². The van der Waals surface area contributed by atoms with Gasteiger partial charge in [0.25, 0.3) is 0 Å². The number of rotatable bonds is 6. The van der Waals surface area contributed by atoms with E-state index in [4.69, 9.17) is 4.74 Å². The molecule has 142 valence electrons. The molecule has 1 aromatic carbocycles. The highest BCUT2D eigenvalue weighted by atomic mass is 16.5. The predicted molar refractivity (Wildman–Crippen MR) is 97.8 cm³/mol. The Morgan fingerprint density at radius 2 is 1.63 bits per heavy atom. The number of carbonyl (C=O) groups excluding carboxylic acids is 4. The van der Waals surface area contributed by atoms with E-state index in [1.54, 1.807) is 12.1 Å². The molecule has 6 heteroatoms. The first-order chi connectivity index (χ1) is 12.9. The van der Waals surface area contributed by atoms with Crippen LogP contribution in [0.25, 0.3) is 0 Å². The maximum atomic E-state index is 12.5. The van der Waals surface area contributed by atoms with Crippen LogP contribution in [0.15, 0.2) is 36.4 Å². The molecule has 0 N–H and O–H groups in total. The minimum absolute atomic E-state index is 0.324. The highest BCUT2D eigenvalue weighted by molar-refractivity contribution is 6.08. The van der Waals surface area contributed by atoms with Crippen LogP contribution in [0.1, 0.15) is 42.6 Å². The van der Waals surface area contributed by atoms with Crippen molar-refractivity contribution >= 4 is 23.6 Å². The van der Waals surface area contributed by atoms with Gasteiger partial charge < -0.3 is 4.74 Å². The number of hydrogen-bond donors (Lipinski definition) is 0. The zero-order valence-corrected chi connectivity index (χ0v) is 15.5. The molecule has 0 unspecified atom stereocenters. The van der Waals surface area contributed by atoms with Crippen LogP contribution in [0, 0.1) is 11.8 Å². The highest BCUT2D eigenvalue weighted by Gasteiger charge is 2.50. The molecule has 1 fully saturated rings. The monoisotopic (exact) mass is 369 g/mol. The van der Waals surface area contributed by atoms with Gasteiger partial charge in [-0.2, -0.15) is 0 Å². The van der Waals surface area contributed by atoms with Gasteiger partial charge in [0.1, 0.15) is 6.04 Å². The molecule has 1 aliphatic heterocycles. The third kappa shape index (κ3) is 3.70. The zero-order valence-electron chi connectivity index (χ0n) is 15.5. The molecule has 0 radical (unpaired) electrons. The van der Waals surface area contributed by atoms with Crippen molar-refractivity contribution in [2.24, 2.45) is 11.8 Å². The molecule has 1 aliphatic carbocycles. The fourth-order valence-electron chi connectivity index (χ4n) is 3.58. The number of fused-ring (bicyclic) bond motifs is 1. The van der Waals surface area contributed by atoms with E-state index in [-0.39, 0.29) is 17.6 Å². The van der Waals surface area contributed by atoms with E-state index >= 15 is 0 Å². The van der Waals surface area contributed by atoms with Crippen molar-refractivity contribution in [1.29, 1.82) is 0 Å². The minimum atomic E-state index is -1.04. The molecule has 3 rings (SSSR count). The largest absolute Gasteiger partial charge is 0.456 e. The Morgan fingerprint density at radius 1 is 1.07 bits per heavy atom. The van der Waals surface area contributed by atoms with Crippen molar-refractivity contribution in [1.82, 2.24) is 4.90 Å². The fraction of sp³-hybridized carbons (Fsp3) is 0.429. The number of aryl methyl sites for hydroxylation is 1. The molecule has 6 nitrogen and oxygen atoms in total. The summed E-state index contributed by atoms with van der Waals surface area (Å²) in [5, 5.41) is 0. The van der Waals surface area contributed by atoms with Crippen LogP contribution in [0.2, 0.25) is 0 Å². The summed E-state index contributed by atoms with van der Waals surface area (Å²) in [5.74, 6) is -2.52. The van der Waals surface area contributed by atoms with Gasteiger partial charge in [-0.05, 0) is 31.7 Å². The summed E-state index contributed by atoms with van der Waals surface area (Å²) >= 11 is 0. The summed E-state index contributed by atoms with van der Waals surface area (Å²) in [6, 6.07) is 6.07. The number of allylic oxidation sites excluding steroid dienone is 2. The molecule has 1 heterocycles. The van der Waals surface area contributed by atoms with E-state index < -0.39 is 30.5 Å². The number of amides is 2. The Labute approximate surface area is 158 Å². The van der Waals surface area contributed by atoms with Gasteiger partial charge in [-0.15, -0.1) is 0 Å². The van der Waals surface area contributed by atoms with Gasteiger partial charge in [-0.1, -0.05) is 43.3 Å². The summed E-state index contributed by atoms with van der Waals surface area (Å²) in [6.45, 7) is 3.07. The van der Waals surface area contributed by atoms with Crippen molar-refractivity contribution in [3.8, 4) is 0 Å². The van der Waals surface area contributed by atoms with Gasteiger partial charge in [0.2, 0.25) is 11.8 Å². The van der Waals surface area contributed by atoms with Crippen molar-refractivity contribution in [3.63, 3.8) is 0 Å². The van der Waals surface area contributed by atoms with Crippen molar-refractivity contribution in [2.45, 2.75) is 39.2 Å². The molecule has 3 atom stereocenters. The second-order valence-electron chi connectivity index (χ2n) is 6.96. The molecule has 27 heavy (non-hydrogen) atoms. The first-order valence-corrected chi connectivity index (χ1v) is 9.24. The molecule has 0 saturated carbocycles. The quantitative estimate of drug-likeness (QED) is 0.333. The van der Waals surface area contributed by atoms with E-state index in [2.05, 4.69) is 0 Å². The Bertz CT molecular complexity index is 769. The maximum absolute atomic E-state index is 12.5. The molecule has 1 saturated heterocycles. The molecule has 0 spiro atoms. The van der Waals surface area contributed by atoms with Crippen LogP contribution >= 0.6 is 0 Å². The lowest BCUT2D eigenvalue weighted by atomic mass is 9.85. The first kappa shape index (κ1) is 19.0. The number of ether oxygens (including phenoxy) is 1. The lowest BCUT2D eigenvalue weighted by molar-refractivity contribution is -0.157. The van der Waals surface area contributed by atoms with E-state index in [1.807, 2.05) is 31.2 Å². The topological polar surface area (TPSA) is 80.8 Å². The third-order valence-electron chi connectivity index (χ3n) is 5.30. The summed E-state index contributed by atoms with van der Waals surface area (Å²) in [6.07, 6.45) is 5.68. The molecule has 0 bridgehead atoms. The van der Waals surface area contributed by atoms with Gasteiger partial charge in [0.05, 0.1) is 11.8 Å². The van der Waals surface area contributed by atoms with Gasteiger partial charge in [-0.3, -0.25) is 19.3 Å². The van der Waals surface area contributed by atoms with E-state index in [0.29, 0.717) is 18.4 Å².